The van der Waals surface area contributed by atoms with Crippen molar-refractivity contribution in [2.45, 2.75) is 97.8 Å². The van der Waals surface area contributed by atoms with E-state index in [4.69, 9.17) is 18.9 Å². The van der Waals surface area contributed by atoms with Crippen LogP contribution in [0.15, 0.2) is 0 Å². The SMILES string of the molecule is CCCCCCCCCCOCCOCCOCCOC(=O)C(CC)CCCC. The first kappa shape index (κ1) is 28.4. The van der Waals surface area contributed by atoms with Gasteiger partial charge in [0.05, 0.1) is 39.0 Å². The number of carbonyl (C=O) groups excluding carboxylic acids is 1. The normalized spacial score (nSPS) is 12.2. The molecule has 5 nitrogen and oxygen atoms in total. The van der Waals surface area contributed by atoms with E-state index in [1.165, 1.54) is 44.9 Å². The Morgan fingerprint density at radius 2 is 1.07 bits per heavy atom. The molecule has 174 valence electrons. The van der Waals surface area contributed by atoms with Crippen molar-refractivity contribution in [3.8, 4) is 0 Å². The highest BCUT2D eigenvalue weighted by atomic mass is 16.6. The van der Waals surface area contributed by atoms with Gasteiger partial charge < -0.3 is 18.9 Å². The number of hydrogen-bond donors (Lipinski definition) is 0. The second-order valence-corrected chi connectivity index (χ2v) is 7.73. The lowest BCUT2D eigenvalue weighted by molar-refractivity contribution is -0.150. The quantitative estimate of drug-likeness (QED) is 0.152. The molecule has 0 radical (unpaired) electrons. The molecule has 0 bridgehead atoms. The van der Waals surface area contributed by atoms with E-state index < -0.39 is 0 Å². The van der Waals surface area contributed by atoms with Gasteiger partial charge in [-0.3, -0.25) is 4.79 Å². The Labute approximate surface area is 180 Å². The van der Waals surface area contributed by atoms with Crippen molar-refractivity contribution in [2.75, 3.05) is 46.2 Å². The van der Waals surface area contributed by atoms with Gasteiger partial charge in [-0.15, -0.1) is 0 Å². The first-order chi connectivity index (χ1) is 14.3. The van der Waals surface area contributed by atoms with E-state index in [9.17, 15) is 4.79 Å². The Morgan fingerprint density at radius 1 is 0.586 bits per heavy atom. The van der Waals surface area contributed by atoms with Gasteiger partial charge in [-0.1, -0.05) is 78.6 Å². The summed E-state index contributed by atoms with van der Waals surface area (Å²) in [5, 5.41) is 0. The van der Waals surface area contributed by atoms with Gasteiger partial charge in [0, 0.05) is 6.61 Å². The summed E-state index contributed by atoms with van der Waals surface area (Å²) in [6.45, 7) is 10.3. The second-order valence-electron chi connectivity index (χ2n) is 7.73. The molecule has 0 amide bonds. The molecule has 0 aliphatic heterocycles. The monoisotopic (exact) mass is 416 g/mol. The molecule has 0 aromatic carbocycles. The number of carbonyl (C=O) groups is 1. The number of hydrogen-bond acceptors (Lipinski definition) is 5. The Bertz CT molecular complexity index is 335. The maximum Gasteiger partial charge on any atom is 0.308 e. The molecule has 1 atom stereocenters. The molecular formula is C24H48O5. The third kappa shape index (κ3) is 20.4. The Kier molecular flexibility index (Phi) is 23.1. The second kappa shape index (κ2) is 23.6. The average Bonchev–Trinajstić information content (AvgIpc) is 2.73. The molecule has 0 aliphatic rings. The van der Waals surface area contributed by atoms with Gasteiger partial charge in [0.1, 0.15) is 6.61 Å². The first-order valence-electron chi connectivity index (χ1n) is 12.2. The zero-order valence-electron chi connectivity index (χ0n) is 19.6. The molecule has 0 heterocycles. The Hall–Kier alpha value is -0.650. The minimum Gasteiger partial charge on any atom is -0.463 e. The average molecular weight is 417 g/mol. The molecule has 0 rings (SSSR count). The van der Waals surface area contributed by atoms with Crippen LogP contribution in [0.3, 0.4) is 0 Å². The molecule has 0 saturated carbocycles. The van der Waals surface area contributed by atoms with Crippen molar-refractivity contribution in [1.82, 2.24) is 0 Å². The lowest BCUT2D eigenvalue weighted by Gasteiger charge is -2.13. The van der Waals surface area contributed by atoms with Crippen molar-refractivity contribution in [2.24, 2.45) is 5.92 Å². The summed E-state index contributed by atoms with van der Waals surface area (Å²) >= 11 is 0. The lowest BCUT2D eigenvalue weighted by Crippen LogP contribution is -2.20. The van der Waals surface area contributed by atoms with E-state index in [1.54, 1.807) is 0 Å². The highest BCUT2D eigenvalue weighted by Gasteiger charge is 2.16. The van der Waals surface area contributed by atoms with Crippen LogP contribution in [0.1, 0.15) is 97.8 Å². The van der Waals surface area contributed by atoms with Gasteiger partial charge in [-0.25, -0.2) is 0 Å². The maximum atomic E-state index is 11.9. The Morgan fingerprint density at radius 3 is 1.62 bits per heavy atom. The largest absolute Gasteiger partial charge is 0.463 e. The van der Waals surface area contributed by atoms with Crippen LogP contribution in [0.4, 0.5) is 0 Å². The molecule has 0 fully saturated rings. The predicted octanol–water partition coefficient (Wildman–Crippen LogP) is 5.94. The number of esters is 1. The van der Waals surface area contributed by atoms with Gasteiger partial charge in [0.15, 0.2) is 0 Å². The lowest BCUT2D eigenvalue weighted by atomic mass is 10.00. The predicted molar refractivity (Wildman–Crippen MR) is 119 cm³/mol. The van der Waals surface area contributed by atoms with Crippen molar-refractivity contribution in [3.63, 3.8) is 0 Å². The van der Waals surface area contributed by atoms with E-state index in [0.29, 0.717) is 39.6 Å². The van der Waals surface area contributed by atoms with Crippen LogP contribution in [0.5, 0.6) is 0 Å². The zero-order valence-corrected chi connectivity index (χ0v) is 19.6. The summed E-state index contributed by atoms with van der Waals surface area (Å²) in [6.07, 6.45) is 14.5. The maximum absolute atomic E-state index is 11.9. The van der Waals surface area contributed by atoms with E-state index in [1.807, 2.05) is 6.92 Å². The molecular weight excluding hydrogens is 368 g/mol. The summed E-state index contributed by atoms with van der Waals surface area (Å²) in [7, 11) is 0. The Balaban J connectivity index is 3.23. The minimum atomic E-state index is -0.0885. The molecule has 0 aromatic heterocycles. The number of ether oxygens (including phenoxy) is 4. The topological polar surface area (TPSA) is 54.0 Å². The van der Waals surface area contributed by atoms with Crippen LogP contribution in [0, 0.1) is 5.92 Å². The summed E-state index contributed by atoms with van der Waals surface area (Å²) in [5.74, 6) is -0.0569. The third-order valence-electron chi connectivity index (χ3n) is 5.09. The van der Waals surface area contributed by atoms with E-state index in [-0.39, 0.29) is 11.9 Å². The summed E-state index contributed by atoms with van der Waals surface area (Å²) in [5.41, 5.74) is 0. The fourth-order valence-corrected chi connectivity index (χ4v) is 3.14. The van der Waals surface area contributed by atoms with Gasteiger partial charge >= 0.3 is 5.97 Å². The molecule has 0 saturated heterocycles. The third-order valence-corrected chi connectivity index (χ3v) is 5.09. The van der Waals surface area contributed by atoms with Gasteiger partial charge in [0.2, 0.25) is 0 Å². The van der Waals surface area contributed by atoms with Crippen molar-refractivity contribution >= 4 is 5.97 Å². The molecule has 5 heteroatoms. The first-order valence-corrected chi connectivity index (χ1v) is 12.2. The standard InChI is InChI=1S/C24H48O5/c1-4-7-9-10-11-12-13-14-16-26-17-18-27-19-20-28-21-22-29-24(25)23(6-3)15-8-5-2/h23H,4-22H2,1-3H3. The fraction of sp³-hybridized carbons (Fsp3) is 0.958. The molecule has 0 aliphatic carbocycles. The van der Waals surface area contributed by atoms with Crippen LogP contribution >= 0.6 is 0 Å². The summed E-state index contributed by atoms with van der Waals surface area (Å²) in [4.78, 5) is 11.9. The molecule has 1 unspecified atom stereocenters. The van der Waals surface area contributed by atoms with Crippen molar-refractivity contribution in [1.29, 1.82) is 0 Å². The highest BCUT2D eigenvalue weighted by molar-refractivity contribution is 5.72. The zero-order chi connectivity index (χ0) is 21.4. The van der Waals surface area contributed by atoms with Gasteiger partial charge in [0.25, 0.3) is 0 Å². The summed E-state index contributed by atoms with van der Waals surface area (Å²) < 4.78 is 21.8. The van der Waals surface area contributed by atoms with E-state index >= 15 is 0 Å². The van der Waals surface area contributed by atoms with E-state index in [0.717, 1.165) is 38.7 Å². The smallest absolute Gasteiger partial charge is 0.308 e. The van der Waals surface area contributed by atoms with Crippen LogP contribution < -0.4 is 0 Å². The van der Waals surface area contributed by atoms with Crippen LogP contribution in [-0.2, 0) is 23.7 Å². The van der Waals surface area contributed by atoms with Crippen molar-refractivity contribution in [3.05, 3.63) is 0 Å². The van der Waals surface area contributed by atoms with Crippen LogP contribution in [0.2, 0.25) is 0 Å². The molecule has 0 aromatic rings. The molecule has 29 heavy (non-hydrogen) atoms. The van der Waals surface area contributed by atoms with Gasteiger partial charge in [-0.05, 0) is 19.3 Å². The highest BCUT2D eigenvalue weighted by Crippen LogP contribution is 2.14. The minimum absolute atomic E-state index is 0.0316. The van der Waals surface area contributed by atoms with Crippen LogP contribution in [-0.4, -0.2) is 52.2 Å². The van der Waals surface area contributed by atoms with Gasteiger partial charge in [-0.2, -0.15) is 0 Å². The summed E-state index contributed by atoms with van der Waals surface area (Å²) in [6, 6.07) is 0. The van der Waals surface area contributed by atoms with Crippen molar-refractivity contribution < 1.29 is 23.7 Å². The molecule has 0 spiro atoms. The fourth-order valence-electron chi connectivity index (χ4n) is 3.14. The number of unbranched alkanes of at least 4 members (excludes halogenated alkanes) is 8. The van der Waals surface area contributed by atoms with E-state index in [2.05, 4.69) is 13.8 Å². The molecule has 0 N–H and O–H groups in total. The van der Waals surface area contributed by atoms with Crippen LogP contribution in [0.25, 0.3) is 0 Å². The number of rotatable bonds is 23.